The predicted molar refractivity (Wildman–Crippen MR) is 54.5 cm³/mol. The summed E-state index contributed by atoms with van der Waals surface area (Å²) in [4.78, 5) is 0. The van der Waals surface area contributed by atoms with Crippen LogP contribution in [0.2, 0.25) is 0 Å². The summed E-state index contributed by atoms with van der Waals surface area (Å²) in [6, 6.07) is 0. The smallest absolute Gasteiger partial charge is 0.0795 e. The van der Waals surface area contributed by atoms with Crippen LogP contribution >= 0.6 is 0 Å². The van der Waals surface area contributed by atoms with Gasteiger partial charge in [-0.15, -0.1) is 0 Å². The van der Waals surface area contributed by atoms with Gasteiger partial charge in [0.1, 0.15) is 0 Å². The van der Waals surface area contributed by atoms with E-state index in [1.54, 1.807) is 0 Å². The Morgan fingerprint density at radius 3 is 2.85 bits per heavy atom. The second kappa shape index (κ2) is 4.94. The summed E-state index contributed by atoms with van der Waals surface area (Å²) in [5.74, 6) is 0.387. The Hall–Kier alpha value is -0.120. The summed E-state index contributed by atoms with van der Waals surface area (Å²) < 4.78 is 0. The molecule has 0 aliphatic carbocycles. The summed E-state index contributed by atoms with van der Waals surface area (Å²) >= 11 is 0. The molecular formula is C10H22N2O. The maximum Gasteiger partial charge on any atom is 0.0795 e. The van der Waals surface area contributed by atoms with E-state index in [4.69, 9.17) is 5.73 Å². The topological polar surface area (TPSA) is 58.3 Å². The zero-order valence-corrected chi connectivity index (χ0v) is 8.55. The van der Waals surface area contributed by atoms with E-state index < -0.39 is 5.60 Å². The molecule has 0 bridgehead atoms. The number of hydrogen-bond acceptors (Lipinski definition) is 3. The van der Waals surface area contributed by atoms with Gasteiger partial charge in [-0.05, 0) is 44.7 Å². The van der Waals surface area contributed by atoms with Crippen molar-refractivity contribution >= 4 is 0 Å². The van der Waals surface area contributed by atoms with Gasteiger partial charge < -0.3 is 16.2 Å². The third-order valence-corrected chi connectivity index (χ3v) is 3.30. The van der Waals surface area contributed by atoms with Crippen molar-refractivity contribution in [2.24, 2.45) is 11.7 Å². The van der Waals surface area contributed by atoms with Crippen molar-refractivity contribution in [2.45, 2.75) is 38.2 Å². The normalized spacial score (nSPS) is 29.3. The lowest BCUT2D eigenvalue weighted by molar-refractivity contribution is -0.0187. The molecule has 0 aromatic carbocycles. The highest BCUT2D eigenvalue weighted by molar-refractivity contribution is 4.87. The van der Waals surface area contributed by atoms with Crippen LogP contribution in [-0.2, 0) is 0 Å². The molecule has 2 unspecified atom stereocenters. The molecule has 1 aliphatic heterocycles. The molecule has 1 aliphatic rings. The van der Waals surface area contributed by atoms with Gasteiger partial charge in [0.2, 0.25) is 0 Å². The molecule has 0 aromatic rings. The van der Waals surface area contributed by atoms with E-state index >= 15 is 0 Å². The number of hydrogen-bond donors (Lipinski definition) is 3. The minimum absolute atomic E-state index is 0.387. The van der Waals surface area contributed by atoms with Crippen LogP contribution < -0.4 is 11.1 Å². The first-order chi connectivity index (χ1) is 6.23. The van der Waals surface area contributed by atoms with E-state index in [1.165, 1.54) is 0 Å². The molecule has 4 N–H and O–H groups in total. The third kappa shape index (κ3) is 2.66. The van der Waals surface area contributed by atoms with E-state index in [2.05, 4.69) is 5.32 Å². The van der Waals surface area contributed by atoms with Crippen LogP contribution in [0.15, 0.2) is 0 Å². The summed E-state index contributed by atoms with van der Waals surface area (Å²) in [6.07, 6.45) is 4.09. The van der Waals surface area contributed by atoms with Crippen molar-refractivity contribution in [1.82, 2.24) is 5.32 Å². The fourth-order valence-electron chi connectivity index (χ4n) is 2.16. The molecule has 1 fully saturated rings. The molecule has 3 nitrogen and oxygen atoms in total. The molecule has 0 aromatic heterocycles. The average molecular weight is 186 g/mol. The molecule has 3 heteroatoms. The lowest BCUT2D eigenvalue weighted by atomic mass is 9.80. The lowest BCUT2D eigenvalue weighted by Crippen LogP contribution is -2.44. The van der Waals surface area contributed by atoms with Crippen molar-refractivity contribution < 1.29 is 5.11 Å². The maximum atomic E-state index is 10.2. The summed E-state index contributed by atoms with van der Waals surface area (Å²) in [7, 11) is 0. The van der Waals surface area contributed by atoms with Gasteiger partial charge in [0.05, 0.1) is 5.60 Å². The molecule has 0 amide bonds. The van der Waals surface area contributed by atoms with Crippen molar-refractivity contribution in [2.75, 3.05) is 19.6 Å². The van der Waals surface area contributed by atoms with Gasteiger partial charge in [0.25, 0.3) is 0 Å². The summed E-state index contributed by atoms with van der Waals surface area (Å²) in [6.45, 7) is 4.52. The van der Waals surface area contributed by atoms with Crippen molar-refractivity contribution in [3.63, 3.8) is 0 Å². The highest BCUT2D eigenvalue weighted by Crippen LogP contribution is 2.28. The molecule has 1 saturated heterocycles. The molecular weight excluding hydrogens is 164 g/mol. The van der Waals surface area contributed by atoms with Gasteiger partial charge in [-0.3, -0.25) is 0 Å². The van der Waals surface area contributed by atoms with Crippen molar-refractivity contribution in [3.05, 3.63) is 0 Å². The number of aliphatic hydroxyl groups is 1. The molecule has 1 heterocycles. The van der Waals surface area contributed by atoms with Crippen LogP contribution in [0, 0.1) is 5.92 Å². The van der Waals surface area contributed by atoms with Gasteiger partial charge in [-0.25, -0.2) is 0 Å². The highest BCUT2D eigenvalue weighted by Gasteiger charge is 2.33. The SMILES string of the molecule is CCC(O)(CN)C1CCCNCC1. The first-order valence-electron chi connectivity index (χ1n) is 5.36. The monoisotopic (exact) mass is 186 g/mol. The molecule has 0 radical (unpaired) electrons. The molecule has 78 valence electrons. The van der Waals surface area contributed by atoms with E-state index in [0.717, 1.165) is 38.8 Å². The quantitative estimate of drug-likeness (QED) is 0.601. The van der Waals surface area contributed by atoms with Crippen LogP contribution in [0.5, 0.6) is 0 Å². The Morgan fingerprint density at radius 2 is 2.23 bits per heavy atom. The Balaban J connectivity index is 2.55. The second-order valence-electron chi connectivity index (χ2n) is 4.04. The molecule has 0 saturated carbocycles. The largest absolute Gasteiger partial charge is 0.388 e. The van der Waals surface area contributed by atoms with Crippen LogP contribution in [-0.4, -0.2) is 30.3 Å². The predicted octanol–water partition coefficient (Wildman–Crippen LogP) is 0.476. The average Bonchev–Trinajstić information content (AvgIpc) is 2.45. The zero-order valence-electron chi connectivity index (χ0n) is 8.55. The van der Waals surface area contributed by atoms with Gasteiger partial charge in [-0.1, -0.05) is 6.92 Å². The minimum Gasteiger partial charge on any atom is -0.388 e. The number of nitrogens with one attached hydrogen (secondary N) is 1. The summed E-state index contributed by atoms with van der Waals surface area (Å²) in [5, 5.41) is 13.6. The zero-order chi connectivity index (χ0) is 9.73. The number of rotatable bonds is 3. The van der Waals surface area contributed by atoms with Crippen molar-refractivity contribution in [1.29, 1.82) is 0 Å². The first-order valence-corrected chi connectivity index (χ1v) is 5.36. The van der Waals surface area contributed by atoms with Gasteiger partial charge in [0, 0.05) is 6.54 Å². The maximum absolute atomic E-state index is 10.2. The van der Waals surface area contributed by atoms with E-state index in [9.17, 15) is 5.11 Å². The Morgan fingerprint density at radius 1 is 1.46 bits per heavy atom. The fraction of sp³-hybridized carbons (Fsp3) is 1.00. The first kappa shape index (κ1) is 11.0. The van der Waals surface area contributed by atoms with Crippen LogP contribution in [0.1, 0.15) is 32.6 Å². The van der Waals surface area contributed by atoms with Crippen molar-refractivity contribution in [3.8, 4) is 0 Å². The number of nitrogens with two attached hydrogens (primary N) is 1. The Kier molecular flexibility index (Phi) is 4.16. The third-order valence-electron chi connectivity index (χ3n) is 3.30. The Bertz CT molecular complexity index is 138. The molecule has 1 rings (SSSR count). The van der Waals surface area contributed by atoms with Gasteiger partial charge in [-0.2, -0.15) is 0 Å². The second-order valence-corrected chi connectivity index (χ2v) is 4.04. The van der Waals surface area contributed by atoms with E-state index in [-0.39, 0.29) is 0 Å². The highest BCUT2D eigenvalue weighted by atomic mass is 16.3. The van der Waals surface area contributed by atoms with Crippen LogP contribution in [0.4, 0.5) is 0 Å². The van der Waals surface area contributed by atoms with E-state index in [1.807, 2.05) is 6.92 Å². The molecule has 13 heavy (non-hydrogen) atoms. The molecule has 2 atom stereocenters. The van der Waals surface area contributed by atoms with Gasteiger partial charge >= 0.3 is 0 Å². The van der Waals surface area contributed by atoms with Crippen LogP contribution in [0.3, 0.4) is 0 Å². The summed E-state index contributed by atoms with van der Waals surface area (Å²) in [5.41, 5.74) is 5.01. The minimum atomic E-state index is -0.619. The van der Waals surface area contributed by atoms with Crippen LogP contribution in [0.25, 0.3) is 0 Å². The fourth-order valence-corrected chi connectivity index (χ4v) is 2.16. The lowest BCUT2D eigenvalue weighted by Gasteiger charge is -2.33. The molecule has 0 spiro atoms. The van der Waals surface area contributed by atoms with Gasteiger partial charge in [0.15, 0.2) is 0 Å². The Labute approximate surface area is 80.7 Å². The standard InChI is InChI=1S/C10H22N2O/c1-2-10(13,8-11)9-4-3-6-12-7-5-9/h9,12-13H,2-8,11H2,1H3. The van der Waals surface area contributed by atoms with E-state index in [0.29, 0.717) is 12.5 Å².